The fourth-order valence-electron chi connectivity index (χ4n) is 1.67. The molecule has 0 spiro atoms. The molecule has 0 saturated carbocycles. The first-order chi connectivity index (χ1) is 8.72. The molecule has 2 aromatic rings. The molecular weight excluding hydrogens is 251 g/mol. The van der Waals surface area contributed by atoms with E-state index >= 15 is 0 Å². The van der Waals surface area contributed by atoms with Crippen molar-refractivity contribution in [2.24, 2.45) is 0 Å². The first-order valence-electron chi connectivity index (χ1n) is 5.84. The highest BCUT2D eigenvalue weighted by Gasteiger charge is 2.05. The molecule has 0 radical (unpaired) electrons. The molecule has 0 fully saturated rings. The van der Waals surface area contributed by atoms with Gasteiger partial charge in [0.1, 0.15) is 17.3 Å². The number of halogens is 2. The largest absolute Gasteiger partial charge is 0.457 e. The van der Waals surface area contributed by atoms with Crippen LogP contribution in [0.15, 0.2) is 42.5 Å². The number of aryl methyl sites for hydroxylation is 1. The zero-order valence-corrected chi connectivity index (χ0v) is 10.9. The van der Waals surface area contributed by atoms with Gasteiger partial charge in [0.15, 0.2) is 0 Å². The molecule has 0 aliphatic heterocycles. The molecule has 0 atom stereocenters. The van der Waals surface area contributed by atoms with Crippen LogP contribution in [0.25, 0.3) is 0 Å². The molecule has 0 bridgehead atoms. The minimum Gasteiger partial charge on any atom is -0.457 e. The lowest BCUT2D eigenvalue weighted by Crippen LogP contribution is -1.91. The maximum absolute atomic E-state index is 13.1. The lowest BCUT2D eigenvalue weighted by Gasteiger charge is -2.10. The third-order valence-corrected chi connectivity index (χ3v) is 3.01. The van der Waals surface area contributed by atoms with Gasteiger partial charge < -0.3 is 4.74 Å². The summed E-state index contributed by atoms with van der Waals surface area (Å²) in [5.74, 6) is 1.24. The molecule has 2 rings (SSSR count). The van der Waals surface area contributed by atoms with Gasteiger partial charge in [-0.25, -0.2) is 4.39 Å². The summed E-state index contributed by atoms with van der Waals surface area (Å²) in [5, 5.41) is 0. The smallest absolute Gasteiger partial charge is 0.132 e. The molecule has 0 saturated heterocycles. The third kappa shape index (κ3) is 3.02. The van der Waals surface area contributed by atoms with Gasteiger partial charge in [-0.05, 0) is 42.3 Å². The van der Waals surface area contributed by atoms with E-state index in [2.05, 4.69) is 6.92 Å². The lowest BCUT2D eigenvalue weighted by atomic mass is 10.2. The summed E-state index contributed by atoms with van der Waals surface area (Å²) in [6.45, 7) is 2.10. The summed E-state index contributed by atoms with van der Waals surface area (Å²) in [4.78, 5) is 0. The van der Waals surface area contributed by atoms with Crippen LogP contribution >= 0.6 is 11.6 Å². The van der Waals surface area contributed by atoms with Crippen molar-refractivity contribution in [3.8, 4) is 11.5 Å². The molecule has 1 nitrogen and oxygen atoms in total. The van der Waals surface area contributed by atoms with Crippen LogP contribution in [0.5, 0.6) is 11.5 Å². The molecule has 0 heterocycles. The highest BCUT2D eigenvalue weighted by molar-refractivity contribution is 6.17. The van der Waals surface area contributed by atoms with Crippen molar-refractivity contribution < 1.29 is 9.13 Å². The predicted octanol–water partition coefficient (Wildman–Crippen LogP) is 4.92. The Hall–Kier alpha value is -1.54. The monoisotopic (exact) mass is 264 g/mol. The first kappa shape index (κ1) is 12.9. The number of hydrogen-bond acceptors (Lipinski definition) is 1. The Morgan fingerprint density at radius 1 is 1.11 bits per heavy atom. The Morgan fingerprint density at radius 2 is 1.83 bits per heavy atom. The normalized spacial score (nSPS) is 10.4. The molecule has 0 aliphatic carbocycles. The molecule has 18 heavy (non-hydrogen) atoms. The van der Waals surface area contributed by atoms with Crippen molar-refractivity contribution in [1.29, 1.82) is 0 Å². The number of ether oxygens (including phenoxy) is 1. The second-order valence-corrected chi connectivity index (χ2v) is 4.25. The summed E-state index contributed by atoms with van der Waals surface area (Å²) in [6.07, 6.45) is 0.990. The van der Waals surface area contributed by atoms with Crippen molar-refractivity contribution in [1.82, 2.24) is 0 Å². The summed E-state index contributed by atoms with van der Waals surface area (Å²) < 4.78 is 18.8. The van der Waals surface area contributed by atoms with Gasteiger partial charge >= 0.3 is 0 Å². The van der Waals surface area contributed by atoms with Crippen LogP contribution in [0, 0.1) is 5.82 Å². The van der Waals surface area contributed by atoms with Gasteiger partial charge in [-0.15, -0.1) is 11.6 Å². The second-order valence-electron chi connectivity index (χ2n) is 3.99. The highest BCUT2D eigenvalue weighted by Crippen LogP contribution is 2.27. The predicted molar refractivity (Wildman–Crippen MR) is 71.9 cm³/mol. The van der Waals surface area contributed by atoms with Crippen LogP contribution in [-0.4, -0.2) is 0 Å². The summed E-state index contributed by atoms with van der Waals surface area (Å²) >= 11 is 5.77. The van der Waals surface area contributed by atoms with Crippen LogP contribution < -0.4 is 4.74 Å². The van der Waals surface area contributed by atoms with E-state index in [0.29, 0.717) is 11.3 Å². The van der Waals surface area contributed by atoms with Crippen molar-refractivity contribution in [3.05, 3.63) is 59.4 Å². The Labute approximate surface area is 111 Å². The molecule has 0 N–H and O–H groups in total. The summed E-state index contributed by atoms with van der Waals surface area (Å²) in [5.41, 5.74) is 1.90. The average Bonchev–Trinajstić information content (AvgIpc) is 2.41. The van der Waals surface area contributed by atoms with Crippen LogP contribution in [0.2, 0.25) is 0 Å². The Balaban J connectivity index is 2.22. The molecule has 0 unspecified atom stereocenters. The van der Waals surface area contributed by atoms with E-state index in [1.165, 1.54) is 17.7 Å². The lowest BCUT2D eigenvalue weighted by molar-refractivity contribution is 0.475. The molecule has 2 aromatic carbocycles. The van der Waals surface area contributed by atoms with Crippen molar-refractivity contribution in [2.75, 3.05) is 0 Å². The van der Waals surface area contributed by atoms with Gasteiger partial charge in [-0.3, -0.25) is 0 Å². The number of alkyl halides is 1. The van der Waals surface area contributed by atoms with Gasteiger partial charge in [-0.1, -0.05) is 19.1 Å². The fourth-order valence-corrected chi connectivity index (χ4v) is 1.88. The zero-order valence-electron chi connectivity index (χ0n) is 10.1. The third-order valence-electron chi connectivity index (χ3n) is 2.73. The van der Waals surface area contributed by atoms with Gasteiger partial charge in [-0.2, -0.15) is 0 Å². The van der Waals surface area contributed by atoms with Gasteiger partial charge in [0.05, 0.1) is 5.88 Å². The minimum absolute atomic E-state index is 0.222. The zero-order chi connectivity index (χ0) is 13.0. The van der Waals surface area contributed by atoms with E-state index in [1.54, 1.807) is 6.07 Å². The van der Waals surface area contributed by atoms with Gasteiger partial charge in [0.25, 0.3) is 0 Å². The van der Waals surface area contributed by atoms with Crippen molar-refractivity contribution in [2.45, 2.75) is 19.2 Å². The Bertz CT molecular complexity index is 523. The van der Waals surface area contributed by atoms with Crippen molar-refractivity contribution in [3.63, 3.8) is 0 Å². The maximum atomic E-state index is 13.1. The van der Waals surface area contributed by atoms with E-state index in [9.17, 15) is 4.39 Å². The topological polar surface area (TPSA) is 9.23 Å². The average molecular weight is 265 g/mol. The van der Waals surface area contributed by atoms with Gasteiger partial charge in [0.2, 0.25) is 0 Å². The summed E-state index contributed by atoms with van der Waals surface area (Å²) in [6, 6.07) is 12.2. The van der Waals surface area contributed by atoms with Crippen LogP contribution in [0.3, 0.4) is 0 Å². The molecule has 0 aliphatic rings. The van der Waals surface area contributed by atoms with E-state index in [-0.39, 0.29) is 11.7 Å². The Morgan fingerprint density at radius 3 is 2.44 bits per heavy atom. The number of hydrogen-bond donors (Lipinski definition) is 0. The number of rotatable bonds is 4. The molecule has 94 valence electrons. The molecule has 3 heteroatoms. The van der Waals surface area contributed by atoms with E-state index in [0.717, 1.165) is 12.2 Å². The van der Waals surface area contributed by atoms with E-state index in [4.69, 9.17) is 16.3 Å². The van der Waals surface area contributed by atoms with Crippen molar-refractivity contribution >= 4 is 11.6 Å². The first-order valence-corrected chi connectivity index (χ1v) is 6.37. The van der Waals surface area contributed by atoms with E-state index in [1.807, 2.05) is 24.3 Å². The second kappa shape index (κ2) is 5.87. The fraction of sp³-hybridized carbons (Fsp3) is 0.200. The molecule has 0 amide bonds. The SMILES string of the molecule is CCc1ccc(Oc2ccc(F)cc2CCl)cc1. The van der Waals surface area contributed by atoms with E-state index < -0.39 is 0 Å². The van der Waals surface area contributed by atoms with Gasteiger partial charge in [0, 0.05) is 5.56 Å². The van der Waals surface area contributed by atoms with Crippen LogP contribution in [-0.2, 0) is 12.3 Å². The quantitative estimate of drug-likeness (QED) is 0.712. The highest BCUT2D eigenvalue weighted by atomic mass is 35.5. The Kier molecular flexibility index (Phi) is 4.21. The summed E-state index contributed by atoms with van der Waals surface area (Å²) in [7, 11) is 0. The van der Waals surface area contributed by atoms with Crippen LogP contribution in [0.4, 0.5) is 4.39 Å². The minimum atomic E-state index is -0.306. The standard InChI is InChI=1S/C15H14ClFO/c1-2-11-3-6-14(7-4-11)18-15-8-5-13(17)9-12(15)10-16/h3-9H,2,10H2,1H3. The van der Waals surface area contributed by atoms with Crippen LogP contribution in [0.1, 0.15) is 18.1 Å². The number of benzene rings is 2. The maximum Gasteiger partial charge on any atom is 0.132 e. The molecular formula is C15H14ClFO. The molecule has 0 aromatic heterocycles.